The van der Waals surface area contributed by atoms with E-state index in [9.17, 15) is 9.59 Å². The number of aliphatic hydroxyl groups is 1. The number of carboxylic acid groups (broad SMARTS) is 1. The number of carbonyl (C=O) groups is 2. The SMILES string of the molecule is O=C(O)CCCCCCC1=CC(SCCO)CC1=O. The van der Waals surface area contributed by atoms with Crippen LogP contribution in [0.3, 0.4) is 0 Å². The zero-order chi connectivity index (χ0) is 14.1. The van der Waals surface area contributed by atoms with Gasteiger partial charge in [0.15, 0.2) is 5.78 Å². The van der Waals surface area contributed by atoms with Crippen LogP contribution >= 0.6 is 11.8 Å². The molecule has 0 amide bonds. The summed E-state index contributed by atoms with van der Waals surface area (Å²) < 4.78 is 0. The number of carbonyl (C=O) groups excluding carboxylic acids is 1. The van der Waals surface area contributed by atoms with Gasteiger partial charge in [0.25, 0.3) is 0 Å². The summed E-state index contributed by atoms with van der Waals surface area (Å²) in [7, 11) is 0. The van der Waals surface area contributed by atoms with E-state index in [0.29, 0.717) is 12.2 Å². The molecule has 0 aromatic heterocycles. The van der Waals surface area contributed by atoms with Crippen LogP contribution in [0, 0.1) is 0 Å². The summed E-state index contributed by atoms with van der Waals surface area (Å²) in [6.07, 6.45) is 7.22. The van der Waals surface area contributed by atoms with Gasteiger partial charge in [0.05, 0.1) is 6.61 Å². The van der Waals surface area contributed by atoms with E-state index in [4.69, 9.17) is 10.2 Å². The zero-order valence-electron chi connectivity index (χ0n) is 11.1. The van der Waals surface area contributed by atoms with Crippen molar-refractivity contribution in [2.45, 2.75) is 50.2 Å². The van der Waals surface area contributed by atoms with E-state index in [1.54, 1.807) is 11.8 Å². The molecular weight excluding hydrogens is 264 g/mol. The van der Waals surface area contributed by atoms with Crippen molar-refractivity contribution in [1.29, 1.82) is 0 Å². The number of unbranched alkanes of at least 4 members (excludes halogenated alkanes) is 3. The Balaban J connectivity index is 2.14. The number of carboxylic acids is 1. The molecule has 0 saturated heterocycles. The summed E-state index contributed by atoms with van der Waals surface area (Å²) in [6, 6.07) is 0. The van der Waals surface area contributed by atoms with Gasteiger partial charge < -0.3 is 10.2 Å². The quantitative estimate of drug-likeness (QED) is 0.603. The van der Waals surface area contributed by atoms with Gasteiger partial charge in [-0.1, -0.05) is 18.9 Å². The first-order valence-corrected chi connectivity index (χ1v) is 7.86. The molecule has 1 rings (SSSR count). The summed E-state index contributed by atoms with van der Waals surface area (Å²) in [5.41, 5.74) is 0.925. The maximum Gasteiger partial charge on any atom is 0.303 e. The van der Waals surface area contributed by atoms with Crippen LogP contribution in [0.4, 0.5) is 0 Å². The number of rotatable bonds is 10. The predicted molar refractivity (Wildman–Crippen MR) is 76.4 cm³/mol. The molecule has 1 aliphatic carbocycles. The Kier molecular flexibility index (Phi) is 7.82. The van der Waals surface area contributed by atoms with Crippen LogP contribution < -0.4 is 0 Å². The van der Waals surface area contributed by atoms with Crippen molar-refractivity contribution in [3.8, 4) is 0 Å². The molecule has 1 unspecified atom stereocenters. The molecule has 0 bridgehead atoms. The average molecular weight is 286 g/mol. The van der Waals surface area contributed by atoms with Gasteiger partial charge in [0, 0.05) is 23.8 Å². The van der Waals surface area contributed by atoms with E-state index in [-0.39, 0.29) is 24.1 Å². The molecule has 5 heteroatoms. The second-order valence-corrected chi connectivity index (χ2v) is 6.11. The monoisotopic (exact) mass is 286 g/mol. The van der Waals surface area contributed by atoms with Gasteiger partial charge in [-0.3, -0.25) is 9.59 Å². The van der Waals surface area contributed by atoms with Gasteiger partial charge in [0.2, 0.25) is 0 Å². The van der Waals surface area contributed by atoms with Crippen molar-refractivity contribution in [3.63, 3.8) is 0 Å². The topological polar surface area (TPSA) is 74.6 Å². The molecule has 1 aliphatic rings. The Morgan fingerprint density at radius 2 is 2.05 bits per heavy atom. The number of hydrogen-bond donors (Lipinski definition) is 2. The van der Waals surface area contributed by atoms with Crippen molar-refractivity contribution in [2.75, 3.05) is 12.4 Å². The first kappa shape index (κ1) is 16.2. The molecule has 2 N–H and O–H groups in total. The molecule has 0 aromatic rings. The number of aliphatic hydroxyl groups excluding tert-OH is 1. The van der Waals surface area contributed by atoms with Gasteiger partial charge in [-0.25, -0.2) is 0 Å². The molecule has 0 spiro atoms. The van der Waals surface area contributed by atoms with E-state index < -0.39 is 5.97 Å². The number of ketones is 1. The van der Waals surface area contributed by atoms with Crippen molar-refractivity contribution in [3.05, 3.63) is 11.6 Å². The summed E-state index contributed by atoms with van der Waals surface area (Å²) in [4.78, 5) is 22.1. The lowest BCUT2D eigenvalue weighted by Crippen LogP contribution is -2.01. The molecule has 4 nitrogen and oxygen atoms in total. The van der Waals surface area contributed by atoms with E-state index in [1.807, 2.05) is 6.08 Å². The fraction of sp³-hybridized carbons (Fsp3) is 0.714. The van der Waals surface area contributed by atoms with Crippen LogP contribution in [0.1, 0.15) is 44.9 Å². The highest BCUT2D eigenvalue weighted by Crippen LogP contribution is 2.28. The lowest BCUT2D eigenvalue weighted by Gasteiger charge is -2.02. The lowest BCUT2D eigenvalue weighted by atomic mass is 10.0. The standard InChI is InChI=1S/C14H22O4S/c15-7-8-19-12-9-11(13(16)10-12)5-3-1-2-4-6-14(17)18/h9,12,15H,1-8,10H2,(H,17,18). The van der Waals surface area contributed by atoms with Gasteiger partial charge in [-0.2, -0.15) is 11.8 Å². The average Bonchev–Trinajstić information content (AvgIpc) is 2.71. The number of Topliss-reactive ketones (excluding diaryl/α,β-unsaturated/α-hetero) is 1. The molecule has 108 valence electrons. The smallest absolute Gasteiger partial charge is 0.303 e. The van der Waals surface area contributed by atoms with Crippen LogP contribution in [0.25, 0.3) is 0 Å². The molecule has 0 heterocycles. The summed E-state index contributed by atoms with van der Waals surface area (Å²) >= 11 is 1.63. The molecule has 0 saturated carbocycles. The van der Waals surface area contributed by atoms with Crippen LogP contribution in [-0.4, -0.2) is 39.6 Å². The zero-order valence-corrected chi connectivity index (χ0v) is 12.0. The van der Waals surface area contributed by atoms with Gasteiger partial charge >= 0.3 is 5.97 Å². The van der Waals surface area contributed by atoms with E-state index in [2.05, 4.69) is 0 Å². The van der Waals surface area contributed by atoms with Crippen molar-refractivity contribution in [1.82, 2.24) is 0 Å². The van der Waals surface area contributed by atoms with Gasteiger partial charge in [-0.15, -0.1) is 0 Å². The van der Waals surface area contributed by atoms with E-state index in [0.717, 1.165) is 37.7 Å². The molecular formula is C14H22O4S. The highest BCUT2D eigenvalue weighted by Gasteiger charge is 2.23. The third-order valence-corrected chi connectivity index (χ3v) is 4.29. The fourth-order valence-corrected chi connectivity index (χ4v) is 3.11. The second-order valence-electron chi connectivity index (χ2n) is 4.76. The van der Waals surface area contributed by atoms with Gasteiger partial charge in [0.1, 0.15) is 0 Å². The Morgan fingerprint density at radius 3 is 2.74 bits per heavy atom. The molecule has 19 heavy (non-hydrogen) atoms. The van der Waals surface area contributed by atoms with Crippen LogP contribution in [0.15, 0.2) is 11.6 Å². The Hall–Kier alpha value is -0.810. The first-order chi connectivity index (χ1) is 9.13. The highest BCUT2D eigenvalue weighted by molar-refractivity contribution is 8.00. The minimum Gasteiger partial charge on any atom is -0.481 e. The number of aliphatic carboxylic acids is 1. The normalized spacial score (nSPS) is 18.7. The fourth-order valence-electron chi connectivity index (χ4n) is 2.17. The number of allylic oxidation sites excluding steroid dienone is 1. The minimum absolute atomic E-state index is 0.155. The summed E-state index contributed by atoms with van der Waals surface area (Å²) in [5.74, 6) is 0.176. The summed E-state index contributed by atoms with van der Waals surface area (Å²) in [6.45, 7) is 0.155. The molecule has 0 aromatic carbocycles. The second kappa shape index (κ2) is 9.15. The summed E-state index contributed by atoms with van der Waals surface area (Å²) in [5, 5.41) is 17.5. The Morgan fingerprint density at radius 1 is 1.32 bits per heavy atom. The maximum atomic E-state index is 11.7. The van der Waals surface area contributed by atoms with E-state index >= 15 is 0 Å². The Labute approximate surface area is 118 Å². The van der Waals surface area contributed by atoms with Crippen LogP contribution in [0.5, 0.6) is 0 Å². The van der Waals surface area contributed by atoms with Gasteiger partial charge in [-0.05, 0) is 24.8 Å². The van der Waals surface area contributed by atoms with Crippen LogP contribution in [-0.2, 0) is 9.59 Å². The van der Waals surface area contributed by atoms with E-state index in [1.165, 1.54) is 0 Å². The minimum atomic E-state index is -0.738. The largest absolute Gasteiger partial charge is 0.481 e. The molecule has 0 aliphatic heterocycles. The molecule has 0 radical (unpaired) electrons. The van der Waals surface area contributed by atoms with Crippen LogP contribution in [0.2, 0.25) is 0 Å². The molecule has 1 atom stereocenters. The van der Waals surface area contributed by atoms with Crippen molar-refractivity contribution < 1.29 is 19.8 Å². The predicted octanol–water partition coefficient (Wildman–Crippen LogP) is 2.40. The number of thioether (sulfide) groups is 1. The maximum absolute atomic E-state index is 11.7. The molecule has 0 fully saturated rings. The Bertz CT molecular complexity index is 338. The van der Waals surface area contributed by atoms with Crippen molar-refractivity contribution >= 4 is 23.5 Å². The lowest BCUT2D eigenvalue weighted by molar-refractivity contribution is -0.137. The highest BCUT2D eigenvalue weighted by atomic mass is 32.2. The third-order valence-electron chi connectivity index (χ3n) is 3.14. The third kappa shape index (κ3) is 6.78. The number of hydrogen-bond acceptors (Lipinski definition) is 4. The van der Waals surface area contributed by atoms with Crippen molar-refractivity contribution in [2.24, 2.45) is 0 Å². The first-order valence-electron chi connectivity index (χ1n) is 6.81.